The fraction of sp³-hybridized carbons (Fsp3) is 0.136. The number of benzene rings is 2. The summed E-state index contributed by atoms with van der Waals surface area (Å²) in [7, 11) is 0. The molecule has 6 nitrogen and oxygen atoms in total. The van der Waals surface area contributed by atoms with Crippen molar-refractivity contribution in [1.82, 2.24) is 4.90 Å². The van der Waals surface area contributed by atoms with Crippen molar-refractivity contribution in [3.05, 3.63) is 71.1 Å². The normalized spacial score (nSPS) is 12.9. The zero-order chi connectivity index (χ0) is 20.5. The van der Waals surface area contributed by atoms with Crippen LogP contribution in [0.4, 0.5) is 5.69 Å². The lowest BCUT2D eigenvalue weighted by atomic mass is 10.1. The number of thiophene rings is 1. The molecule has 7 heteroatoms. The number of rotatable bonds is 5. The second-order valence-electron chi connectivity index (χ2n) is 6.52. The van der Waals surface area contributed by atoms with Crippen molar-refractivity contribution in [2.45, 2.75) is 6.92 Å². The molecule has 29 heavy (non-hydrogen) atoms. The number of esters is 1. The Bertz CT molecular complexity index is 1130. The predicted molar refractivity (Wildman–Crippen MR) is 113 cm³/mol. The molecule has 0 radical (unpaired) electrons. The van der Waals surface area contributed by atoms with Gasteiger partial charge in [0.2, 0.25) is 5.91 Å². The second-order valence-corrected chi connectivity index (χ2v) is 7.60. The summed E-state index contributed by atoms with van der Waals surface area (Å²) in [6.45, 7) is 5.90. The van der Waals surface area contributed by atoms with Crippen LogP contribution < -0.4 is 5.32 Å². The highest BCUT2D eigenvalue weighted by molar-refractivity contribution is 7.20. The Labute approximate surface area is 171 Å². The Morgan fingerprint density at radius 2 is 1.90 bits per heavy atom. The first kappa shape index (κ1) is 18.9. The minimum atomic E-state index is -0.357. The largest absolute Gasteiger partial charge is 0.462 e. The van der Waals surface area contributed by atoms with Gasteiger partial charge in [-0.2, -0.15) is 0 Å². The van der Waals surface area contributed by atoms with Crippen LogP contribution in [0.25, 0.3) is 15.8 Å². The number of ether oxygens (including phenoxy) is 1. The molecule has 0 saturated heterocycles. The van der Waals surface area contributed by atoms with E-state index >= 15 is 0 Å². The molecule has 4 rings (SSSR count). The standard InChI is InChI=1S/C22H18N2O4S/c1-3-28-22(27)19-11-14-10-15(8-9-18(14)29-19)23-20(25)12-24-13(2)16-6-4-5-7-17(16)21(24)26/h4-11H,2-3,12H2,1H3,(H,23,25). The van der Waals surface area contributed by atoms with Crippen LogP contribution in [0.15, 0.2) is 55.1 Å². The number of hydrogen-bond acceptors (Lipinski definition) is 5. The predicted octanol–water partition coefficient (Wildman–Crippen LogP) is 4.14. The molecule has 1 aliphatic heterocycles. The molecule has 1 N–H and O–H groups in total. The van der Waals surface area contributed by atoms with Crippen LogP contribution in [0.5, 0.6) is 0 Å². The van der Waals surface area contributed by atoms with Crippen LogP contribution in [-0.2, 0) is 9.53 Å². The molecule has 0 aliphatic carbocycles. The minimum Gasteiger partial charge on any atom is -0.462 e. The van der Waals surface area contributed by atoms with Gasteiger partial charge >= 0.3 is 5.97 Å². The van der Waals surface area contributed by atoms with Gasteiger partial charge < -0.3 is 10.1 Å². The lowest BCUT2D eigenvalue weighted by Gasteiger charge is -2.17. The molecule has 146 valence electrons. The number of carbonyl (C=O) groups is 3. The van der Waals surface area contributed by atoms with Crippen molar-refractivity contribution < 1.29 is 19.1 Å². The van der Waals surface area contributed by atoms with E-state index in [0.29, 0.717) is 28.4 Å². The molecule has 1 aromatic heterocycles. The summed E-state index contributed by atoms with van der Waals surface area (Å²) >= 11 is 1.34. The van der Waals surface area contributed by atoms with E-state index in [0.717, 1.165) is 15.6 Å². The van der Waals surface area contributed by atoms with Crippen LogP contribution in [0.1, 0.15) is 32.5 Å². The number of carbonyl (C=O) groups excluding carboxylic acids is 3. The fourth-order valence-corrected chi connectivity index (χ4v) is 4.21. The van der Waals surface area contributed by atoms with Gasteiger partial charge in [-0.05, 0) is 42.6 Å². The molecule has 0 bridgehead atoms. The number of nitrogens with zero attached hydrogens (tertiary/aromatic N) is 1. The molecule has 0 saturated carbocycles. The van der Waals surface area contributed by atoms with E-state index in [-0.39, 0.29) is 24.3 Å². The van der Waals surface area contributed by atoms with E-state index in [1.807, 2.05) is 18.2 Å². The maximum Gasteiger partial charge on any atom is 0.348 e. The second kappa shape index (κ2) is 7.52. The Kier molecular flexibility index (Phi) is 4.90. The zero-order valence-electron chi connectivity index (χ0n) is 15.7. The molecule has 2 heterocycles. The highest BCUT2D eigenvalue weighted by atomic mass is 32.1. The van der Waals surface area contributed by atoms with E-state index in [1.165, 1.54) is 16.2 Å². The first-order valence-corrected chi connectivity index (χ1v) is 9.90. The third-order valence-corrected chi connectivity index (χ3v) is 5.71. The molecule has 0 atom stereocenters. The first-order valence-electron chi connectivity index (χ1n) is 9.08. The lowest BCUT2D eigenvalue weighted by Crippen LogP contribution is -2.32. The Hall–Kier alpha value is -3.45. The van der Waals surface area contributed by atoms with E-state index in [4.69, 9.17) is 4.74 Å². The Balaban J connectivity index is 1.47. The van der Waals surface area contributed by atoms with Gasteiger partial charge in [0.05, 0.1) is 6.61 Å². The van der Waals surface area contributed by atoms with Crippen molar-refractivity contribution in [3.8, 4) is 0 Å². The monoisotopic (exact) mass is 406 g/mol. The van der Waals surface area contributed by atoms with Gasteiger partial charge in [0, 0.05) is 27.2 Å². The average molecular weight is 406 g/mol. The summed E-state index contributed by atoms with van der Waals surface area (Å²) in [5.74, 6) is -0.912. The Morgan fingerprint density at radius 3 is 2.62 bits per heavy atom. The van der Waals surface area contributed by atoms with Crippen LogP contribution in [0.2, 0.25) is 0 Å². The number of nitrogens with one attached hydrogen (secondary N) is 1. The topological polar surface area (TPSA) is 75.7 Å². The molecule has 0 fully saturated rings. The van der Waals surface area contributed by atoms with Gasteiger partial charge in [-0.1, -0.05) is 24.8 Å². The number of anilines is 1. The number of fused-ring (bicyclic) bond motifs is 2. The number of amides is 2. The lowest BCUT2D eigenvalue weighted by molar-refractivity contribution is -0.116. The SMILES string of the molecule is C=C1c2ccccc2C(=O)N1CC(=O)Nc1ccc2sc(C(=O)OCC)cc2c1. The van der Waals surface area contributed by atoms with Crippen LogP contribution >= 0.6 is 11.3 Å². The van der Waals surface area contributed by atoms with Crippen LogP contribution in [-0.4, -0.2) is 35.8 Å². The zero-order valence-corrected chi connectivity index (χ0v) is 16.5. The van der Waals surface area contributed by atoms with E-state index in [9.17, 15) is 14.4 Å². The average Bonchev–Trinajstić information content (AvgIpc) is 3.23. The molecule has 2 aromatic carbocycles. The minimum absolute atomic E-state index is 0.123. The summed E-state index contributed by atoms with van der Waals surface area (Å²) in [5, 5.41) is 3.64. The van der Waals surface area contributed by atoms with Gasteiger partial charge in [0.25, 0.3) is 5.91 Å². The maximum absolute atomic E-state index is 12.5. The molecule has 3 aromatic rings. The third kappa shape index (κ3) is 3.52. The van der Waals surface area contributed by atoms with E-state index in [2.05, 4.69) is 11.9 Å². The van der Waals surface area contributed by atoms with Gasteiger partial charge in [0.15, 0.2) is 0 Å². The van der Waals surface area contributed by atoms with E-state index in [1.54, 1.807) is 37.3 Å². The smallest absolute Gasteiger partial charge is 0.348 e. The van der Waals surface area contributed by atoms with Gasteiger partial charge in [-0.15, -0.1) is 11.3 Å². The summed E-state index contributed by atoms with van der Waals surface area (Å²) in [5.41, 5.74) is 2.41. The molecule has 1 aliphatic rings. The summed E-state index contributed by atoms with van der Waals surface area (Å²) < 4.78 is 5.95. The third-order valence-electron chi connectivity index (χ3n) is 4.62. The molecule has 2 amide bonds. The van der Waals surface area contributed by atoms with Gasteiger partial charge in [0.1, 0.15) is 11.4 Å². The van der Waals surface area contributed by atoms with Crippen molar-refractivity contribution in [2.75, 3.05) is 18.5 Å². The Morgan fingerprint density at radius 1 is 1.14 bits per heavy atom. The van der Waals surface area contributed by atoms with Gasteiger partial charge in [-0.25, -0.2) is 4.79 Å². The van der Waals surface area contributed by atoms with Crippen molar-refractivity contribution in [1.29, 1.82) is 0 Å². The van der Waals surface area contributed by atoms with Crippen LogP contribution in [0, 0.1) is 0 Å². The highest BCUT2D eigenvalue weighted by Crippen LogP contribution is 2.31. The summed E-state index contributed by atoms with van der Waals surface area (Å²) in [6.07, 6.45) is 0. The molecular formula is C22H18N2O4S. The van der Waals surface area contributed by atoms with E-state index < -0.39 is 0 Å². The van der Waals surface area contributed by atoms with Gasteiger partial charge in [-0.3, -0.25) is 14.5 Å². The highest BCUT2D eigenvalue weighted by Gasteiger charge is 2.31. The summed E-state index contributed by atoms with van der Waals surface area (Å²) in [6, 6.07) is 14.3. The molecule has 0 spiro atoms. The molecule has 0 unspecified atom stereocenters. The molecular weight excluding hydrogens is 388 g/mol. The maximum atomic E-state index is 12.5. The number of hydrogen-bond donors (Lipinski definition) is 1. The van der Waals surface area contributed by atoms with Crippen molar-refractivity contribution in [2.24, 2.45) is 0 Å². The first-order chi connectivity index (χ1) is 14.0. The fourth-order valence-electron chi connectivity index (χ4n) is 3.27. The van der Waals surface area contributed by atoms with Crippen LogP contribution in [0.3, 0.4) is 0 Å². The van der Waals surface area contributed by atoms with Crippen molar-refractivity contribution in [3.63, 3.8) is 0 Å². The van der Waals surface area contributed by atoms with Crippen molar-refractivity contribution >= 4 is 50.6 Å². The quantitative estimate of drug-likeness (QED) is 0.646. The summed E-state index contributed by atoms with van der Waals surface area (Å²) in [4.78, 5) is 38.9.